The lowest BCUT2D eigenvalue weighted by molar-refractivity contribution is 0.628. The van der Waals surface area contributed by atoms with Crippen molar-refractivity contribution in [2.45, 2.75) is 0 Å². The number of aromatic nitrogens is 4. The van der Waals surface area contributed by atoms with Gasteiger partial charge >= 0.3 is 0 Å². The maximum Gasteiger partial charge on any atom is 0.223 e. The lowest BCUT2D eigenvalue weighted by Crippen LogP contribution is -2.04. The number of nitrogens with zero attached hydrogens (tertiary/aromatic N) is 3. The standard InChI is InChI=1S/C16H14FN5/c1-2-7-20-16-21-10-13(15-18-8-9-19-15)14(22-16)11-3-5-12(17)6-4-11/h2-6,8-10H,1,7H2,(H,18,19)(H,20,21,22). The Kier molecular flexibility index (Phi) is 3.91. The Bertz CT molecular complexity index is 766. The van der Waals surface area contributed by atoms with Crippen molar-refractivity contribution in [2.24, 2.45) is 0 Å². The minimum atomic E-state index is -0.289. The molecule has 0 fully saturated rings. The van der Waals surface area contributed by atoms with Gasteiger partial charge in [0.1, 0.15) is 11.6 Å². The van der Waals surface area contributed by atoms with E-state index >= 15 is 0 Å². The Hall–Kier alpha value is -3.02. The van der Waals surface area contributed by atoms with Gasteiger partial charge in [0.05, 0.1) is 11.3 Å². The summed E-state index contributed by atoms with van der Waals surface area (Å²) in [7, 11) is 0. The van der Waals surface area contributed by atoms with Gasteiger partial charge in [0.25, 0.3) is 0 Å². The molecular formula is C16H14FN5. The highest BCUT2D eigenvalue weighted by molar-refractivity contribution is 5.77. The van der Waals surface area contributed by atoms with Crippen LogP contribution in [0.1, 0.15) is 0 Å². The molecule has 0 spiro atoms. The Balaban J connectivity index is 2.10. The van der Waals surface area contributed by atoms with Crippen LogP contribution in [0, 0.1) is 5.82 Å². The van der Waals surface area contributed by atoms with Crippen LogP contribution >= 0.6 is 0 Å². The van der Waals surface area contributed by atoms with E-state index < -0.39 is 0 Å². The number of imidazole rings is 1. The third-order valence-corrected chi connectivity index (χ3v) is 3.06. The SMILES string of the molecule is C=CCNc1ncc(-c2ncc[nH]2)c(-c2ccc(F)cc2)n1. The fourth-order valence-corrected chi connectivity index (χ4v) is 2.04. The number of H-pyrrole nitrogens is 1. The van der Waals surface area contributed by atoms with Crippen LogP contribution < -0.4 is 5.32 Å². The average Bonchev–Trinajstić information content (AvgIpc) is 3.08. The van der Waals surface area contributed by atoms with Gasteiger partial charge < -0.3 is 10.3 Å². The Morgan fingerprint density at radius 3 is 2.73 bits per heavy atom. The average molecular weight is 295 g/mol. The predicted molar refractivity (Wildman–Crippen MR) is 83.7 cm³/mol. The van der Waals surface area contributed by atoms with Gasteiger partial charge in [-0.25, -0.2) is 19.3 Å². The van der Waals surface area contributed by atoms with Gasteiger partial charge in [-0.15, -0.1) is 6.58 Å². The molecular weight excluding hydrogens is 281 g/mol. The fraction of sp³-hybridized carbons (Fsp3) is 0.0625. The van der Waals surface area contributed by atoms with Crippen LogP contribution in [0.15, 0.2) is 55.5 Å². The van der Waals surface area contributed by atoms with E-state index in [1.807, 2.05) is 0 Å². The van der Waals surface area contributed by atoms with E-state index in [0.717, 1.165) is 11.1 Å². The van der Waals surface area contributed by atoms with Gasteiger partial charge in [-0.2, -0.15) is 0 Å². The minimum absolute atomic E-state index is 0.289. The summed E-state index contributed by atoms with van der Waals surface area (Å²) in [5, 5.41) is 3.04. The summed E-state index contributed by atoms with van der Waals surface area (Å²) in [6.07, 6.45) is 6.80. The summed E-state index contributed by atoms with van der Waals surface area (Å²) in [5.41, 5.74) is 2.22. The van der Waals surface area contributed by atoms with Gasteiger partial charge in [0.2, 0.25) is 5.95 Å². The molecule has 6 heteroatoms. The molecule has 0 atom stereocenters. The van der Waals surface area contributed by atoms with Crippen molar-refractivity contribution in [3.05, 3.63) is 61.3 Å². The van der Waals surface area contributed by atoms with E-state index in [9.17, 15) is 4.39 Å². The minimum Gasteiger partial charge on any atom is -0.351 e. The number of hydrogen-bond donors (Lipinski definition) is 2. The molecule has 2 aromatic heterocycles. The largest absolute Gasteiger partial charge is 0.351 e. The van der Waals surface area contributed by atoms with E-state index in [1.54, 1.807) is 36.8 Å². The van der Waals surface area contributed by atoms with Crippen molar-refractivity contribution in [3.63, 3.8) is 0 Å². The number of nitrogens with one attached hydrogen (secondary N) is 2. The van der Waals surface area contributed by atoms with Gasteiger partial charge in [-0.3, -0.25) is 0 Å². The number of anilines is 1. The maximum atomic E-state index is 13.1. The second-order valence-corrected chi connectivity index (χ2v) is 4.57. The van der Waals surface area contributed by atoms with Crippen LogP contribution in [0.25, 0.3) is 22.6 Å². The van der Waals surface area contributed by atoms with Gasteiger partial charge in [0.15, 0.2) is 0 Å². The zero-order valence-electron chi connectivity index (χ0n) is 11.8. The van der Waals surface area contributed by atoms with Crippen LogP contribution in [0.5, 0.6) is 0 Å². The number of halogens is 1. The summed E-state index contributed by atoms with van der Waals surface area (Å²) < 4.78 is 13.1. The summed E-state index contributed by atoms with van der Waals surface area (Å²) >= 11 is 0. The summed E-state index contributed by atoms with van der Waals surface area (Å²) in [4.78, 5) is 16.1. The lowest BCUT2D eigenvalue weighted by Gasteiger charge is -2.09. The van der Waals surface area contributed by atoms with E-state index in [4.69, 9.17) is 0 Å². The third kappa shape index (κ3) is 2.85. The van der Waals surface area contributed by atoms with E-state index in [1.165, 1.54) is 12.1 Å². The van der Waals surface area contributed by atoms with Gasteiger partial charge in [0, 0.05) is 30.7 Å². The molecule has 110 valence electrons. The molecule has 0 radical (unpaired) electrons. The Morgan fingerprint density at radius 1 is 1.23 bits per heavy atom. The maximum absolute atomic E-state index is 13.1. The van der Waals surface area contributed by atoms with Gasteiger partial charge in [-0.1, -0.05) is 6.08 Å². The third-order valence-electron chi connectivity index (χ3n) is 3.06. The van der Waals surface area contributed by atoms with Crippen molar-refractivity contribution >= 4 is 5.95 Å². The fourth-order valence-electron chi connectivity index (χ4n) is 2.04. The van der Waals surface area contributed by atoms with E-state index in [0.29, 0.717) is 24.0 Å². The highest BCUT2D eigenvalue weighted by atomic mass is 19.1. The quantitative estimate of drug-likeness (QED) is 0.709. The summed E-state index contributed by atoms with van der Waals surface area (Å²) in [6, 6.07) is 6.17. The van der Waals surface area contributed by atoms with Crippen molar-refractivity contribution in [1.29, 1.82) is 0 Å². The van der Waals surface area contributed by atoms with Crippen molar-refractivity contribution in [2.75, 3.05) is 11.9 Å². The van der Waals surface area contributed by atoms with E-state index in [-0.39, 0.29) is 5.82 Å². The molecule has 0 saturated carbocycles. The van der Waals surface area contributed by atoms with E-state index in [2.05, 4.69) is 31.8 Å². The predicted octanol–water partition coefficient (Wildman–Crippen LogP) is 3.27. The first-order chi connectivity index (χ1) is 10.8. The molecule has 3 rings (SSSR count). The van der Waals surface area contributed by atoms with Crippen LogP contribution in [0.3, 0.4) is 0 Å². The zero-order chi connectivity index (χ0) is 15.4. The van der Waals surface area contributed by atoms with Crippen LogP contribution in [0.2, 0.25) is 0 Å². The van der Waals surface area contributed by atoms with Crippen molar-refractivity contribution < 1.29 is 4.39 Å². The highest BCUT2D eigenvalue weighted by Gasteiger charge is 2.13. The second kappa shape index (κ2) is 6.17. The molecule has 0 unspecified atom stereocenters. The summed E-state index contributed by atoms with van der Waals surface area (Å²) in [5.74, 6) is 0.853. The molecule has 22 heavy (non-hydrogen) atoms. The smallest absolute Gasteiger partial charge is 0.223 e. The molecule has 2 heterocycles. The Labute approximate surface area is 127 Å². The molecule has 5 nitrogen and oxygen atoms in total. The zero-order valence-corrected chi connectivity index (χ0v) is 11.8. The van der Waals surface area contributed by atoms with Crippen molar-refractivity contribution in [3.8, 4) is 22.6 Å². The van der Waals surface area contributed by atoms with Crippen LogP contribution in [-0.2, 0) is 0 Å². The Morgan fingerprint density at radius 2 is 2.05 bits per heavy atom. The van der Waals surface area contributed by atoms with Crippen LogP contribution in [-0.4, -0.2) is 26.5 Å². The molecule has 0 aliphatic heterocycles. The van der Waals surface area contributed by atoms with Crippen LogP contribution in [0.4, 0.5) is 10.3 Å². The topological polar surface area (TPSA) is 66.5 Å². The number of hydrogen-bond acceptors (Lipinski definition) is 4. The lowest BCUT2D eigenvalue weighted by atomic mass is 10.1. The molecule has 2 N–H and O–H groups in total. The normalized spacial score (nSPS) is 10.4. The van der Waals surface area contributed by atoms with Crippen molar-refractivity contribution in [1.82, 2.24) is 19.9 Å². The monoisotopic (exact) mass is 295 g/mol. The molecule has 0 bridgehead atoms. The second-order valence-electron chi connectivity index (χ2n) is 4.57. The number of aromatic amines is 1. The van der Waals surface area contributed by atoms with Gasteiger partial charge in [-0.05, 0) is 24.3 Å². The summed E-state index contributed by atoms with van der Waals surface area (Å²) in [6.45, 7) is 4.21. The number of rotatable bonds is 5. The molecule has 3 aromatic rings. The first-order valence-electron chi connectivity index (χ1n) is 6.75. The highest BCUT2D eigenvalue weighted by Crippen LogP contribution is 2.28. The first kappa shape index (κ1) is 13.9. The molecule has 0 aliphatic rings. The molecule has 1 aromatic carbocycles. The molecule has 0 saturated heterocycles. The molecule has 0 amide bonds. The number of benzene rings is 1. The first-order valence-corrected chi connectivity index (χ1v) is 6.75. The molecule has 0 aliphatic carbocycles.